The summed E-state index contributed by atoms with van der Waals surface area (Å²) in [6, 6.07) is 16.1. The standard InChI is InChI=1S/C26H27N5O4/c1-3-4-14-29-23(27)22(24(33)28-26(29)35)31(15-18-10-6-5-7-11-18)21(32)16-30-17(2)19-12-8-9-13-20(19)25(30)34/h5-13H,2-4,14-16,27H2,1H3,(H,28,33,35). The van der Waals surface area contributed by atoms with Gasteiger partial charge in [-0.1, -0.05) is 68.5 Å². The van der Waals surface area contributed by atoms with Gasteiger partial charge in [-0.25, -0.2) is 4.79 Å². The van der Waals surface area contributed by atoms with Crippen LogP contribution in [0.25, 0.3) is 5.70 Å². The summed E-state index contributed by atoms with van der Waals surface area (Å²) >= 11 is 0. The number of nitrogens with two attached hydrogens (primary N) is 1. The number of benzene rings is 2. The van der Waals surface area contributed by atoms with E-state index in [9.17, 15) is 19.2 Å². The van der Waals surface area contributed by atoms with E-state index in [4.69, 9.17) is 5.73 Å². The average Bonchev–Trinajstić information content (AvgIpc) is 3.08. The van der Waals surface area contributed by atoms with Crippen molar-refractivity contribution in [3.63, 3.8) is 0 Å². The summed E-state index contributed by atoms with van der Waals surface area (Å²) in [4.78, 5) is 56.8. The molecule has 0 bridgehead atoms. The van der Waals surface area contributed by atoms with E-state index in [1.807, 2.05) is 37.3 Å². The molecule has 180 valence electrons. The summed E-state index contributed by atoms with van der Waals surface area (Å²) in [7, 11) is 0. The molecule has 2 aromatic carbocycles. The zero-order chi connectivity index (χ0) is 25.1. The molecule has 2 heterocycles. The Kier molecular flexibility index (Phi) is 6.68. The quantitative estimate of drug-likeness (QED) is 0.521. The number of nitrogens with one attached hydrogen (secondary N) is 1. The molecule has 0 saturated carbocycles. The van der Waals surface area contributed by atoms with Crippen molar-refractivity contribution in [3.05, 3.63) is 98.7 Å². The Balaban J connectivity index is 1.74. The fourth-order valence-corrected chi connectivity index (χ4v) is 4.16. The molecule has 0 atom stereocenters. The van der Waals surface area contributed by atoms with Crippen molar-refractivity contribution in [3.8, 4) is 0 Å². The van der Waals surface area contributed by atoms with Crippen LogP contribution >= 0.6 is 0 Å². The topological polar surface area (TPSA) is 121 Å². The molecule has 0 spiro atoms. The van der Waals surface area contributed by atoms with Crippen LogP contribution in [0.5, 0.6) is 0 Å². The third-order valence-electron chi connectivity index (χ3n) is 6.04. The Labute approximate surface area is 202 Å². The highest BCUT2D eigenvalue weighted by molar-refractivity contribution is 6.11. The lowest BCUT2D eigenvalue weighted by Crippen LogP contribution is -2.44. The molecule has 3 aromatic rings. The van der Waals surface area contributed by atoms with Crippen LogP contribution in [0, 0.1) is 0 Å². The third kappa shape index (κ3) is 4.52. The van der Waals surface area contributed by atoms with Crippen molar-refractivity contribution in [2.75, 3.05) is 17.2 Å². The molecule has 0 aliphatic carbocycles. The number of amides is 2. The van der Waals surface area contributed by atoms with Gasteiger partial charge in [0.2, 0.25) is 5.91 Å². The number of carbonyl (C=O) groups excluding carboxylic acids is 2. The number of hydrogen-bond donors (Lipinski definition) is 2. The second-order valence-electron chi connectivity index (χ2n) is 8.35. The van der Waals surface area contributed by atoms with E-state index >= 15 is 0 Å². The first kappa shape index (κ1) is 23.7. The van der Waals surface area contributed by atoms with Crippen LogP contribution in [-0.4, -0.2) is 32.8 Å². The molecule has 1 aliphatic heterocycles. The van der Waals surface area contributed by atoms with Gasteiger partial charge in [-0.3, -0.25) is 33.7 Å². The lowest BCUT2D eigenvalue weighted by molar-refractivity contribution is -0.118. The highest BCUT2D eigenvalue weighted by atomic mass is 16.2. The third-order valence-corrected chi connectivity index (χ3v) is 6.04. The Morgan fingerprint density at radius 3 is 2.34 bits per heavy atom. The Bertz CT molecular complexity index is 1370. The first-order chi connectivity index (χ1) is 16.8. The largest absolute Gasteiger partial charge is 0.383 e. The summed E-state index contributed by atoms with van der Waals surface area (Å²) < 4.78 is 1.27. The number of nitrogen functional groups attached to an aromatic ring is 1. The van der Waals surface area contributed by atoms with Gasteiger partial charge in [0.15, 0.2) is 5.69 Å². The van der Waals surface area contributed by atoms with E-state index in [0.717, 1.165) is 12.0 Å². The first-order valence-corrected chi connectivity index (χ1v) is 11.4. The Morgan fingerprint density at radius 2 is 1.69 bits per heavy atom. The maximum Gasteiger partial charge on any atom is 0.330 e. The summed E-state index contributed by atoms with van der Waals surface area (Å²) in [6.45, 7) is 5.94. The number of carbonyl (C=O) groups is 2. The molecule has 1 aliphatic rings. The highest BCUT2D eigenvalue weighted by Gasteiger charge is 2.34. The van der Waals surface area contributed by atoms with E-state index < -0.39 is 17.2 Å². The second-order valence-corrected chi connectivity index (χ2v) is 8.35. The monoisotopic (exact) mass is 473 g/mol. The lowest BCUT2D eigenvalue weighted by Gasteiger charge is -2.27. The summed E-state index contributed by atoms with van der Waals surface area (Å²) in [5.74, 6) is -0.964. The van der Waals surface area contributed by atoms with Crippen molar-refractivity contribution >= 4 is 29.0 Å². The van der Waals surface area contributed by atoms with Crippen molar-refractivity contribution < 1.29 is 9.59 Å². The van der Waals surface area contributed by atoms with Gasteiger partial charge >= 0.3 is 5.69 Å². The van der Waals surface area contributed by atoms with Crippen molar-refractivity contribution in [2.45, 2.75) is 32.9 Å². The normalized spacial score (nSPS) is 12.7. The van der Waals surface area contributed by atoms with E-state index in [-0.39, 0.29) is 30.5 Å². The van der Waals surface area contributed by atoms with Gasteiger partial charge in [-0.2, -0.15) is 0 Å². The van der Waals surface area contributed by atoms with Crippen molar-refractivity contribution in [1.29, 1.82) is 0 Å². The summed E-state index contributed by atoms with van der Waals surface area (Å²) in [5.41, 5.74) is 7.07. The maximum atomic E-state index is 13.7. The van der Waals surface area contributed by atoms with Crippen LogP contribution in [0.15, 0.2) is 70.8 Å². The minimum atomic E-state index is -0.764. The number of aromatic amines is 1. The predicted octanol–water partition coefficient (Wildman–Crippen LogP) is 2.58. The molecule has 0 unspecified atom stereocenters. The van der Waals surface area contributed by atoms with Gasteiger partial charge in [-0.15, -0.1) is 0 Å². The maximum absolute atomic E-state index is 13.7. The molecular weight excluding hydrogens is 446 g/mol. The number of aromatic nitrogens is 2. The number of fused-ring (bicyclic) bond motifs is 1. The van der Waals surface area contributed by atoms with E-state index in [1.54, 1.807) is 24.3 Å². The van der Waals surface area contributed by atoms with Gasteiger partial charge in [0.1, 0.15) is 12.4 Å². The van der Waals surface area contributed by atoms with E-state index in [2.05, 4.69) is 11.6 Å². The van der Waals surface area contributed by atoms with Crippen LogP contribution in [0.2, 0.25) is 0 Å². The number of H-pyrrole nitrogens is 1. The molecule has 0 fully saturated rings. The highest BCUT2D eigenvalue weighted by Crippen LogP contribution is 2.31. The fraction of sp³-hybridized carbons (Fsp3) is 0.231. The van der Waals surface area contributed by atoms with Crippen molar-refractivity contribution in [2.24, 2.45) is 0 Å². The smallest absolute Gasteiger partial charge is 0.330 e. The zero-order valence-corrected chi connectivity index (χ0v) is 19.5. The zero-order valence-electron chi connectivity index (χ0n) is 19.5. The van der Waals surface area contributed by atoms with Crippen LogP contribution in [0.3, 0.4) is 0 Å². The van der Waals surface area contributed by atoms with Gasteiger partial charge in [0, 0.05) is 23.4 Å². The van der Waals surface area contributed by atoms with Crippen LogP contribution < -0.4 is 21.9 Å². The van der Waals surface area contributed by atoms with Gasteiger partial charge < -0.3 is 5.73 Å². The summed E-state index contributed by atoms with van der Waals surface area (Å²) in [6.07, 6.45) is 1.48. The van der Waals surface area contributed by atoms with Crippen molar-refractivity contribution in [1.82, 2.24) is 14.5 Å². The molecule has 2 amide bonds. The molecule has 0 saturated heterocycles. The minimum Gasteiger partial charge on any atom is -0.383 e. The number of nitrogens with zero attached hydrogens (tertiary/aromatic N) is 3. The molecular formula is C26H27N5O4. The number of hydrogen-bond acceptors (Lipinski definition) is 5. The molecule has 35 heavy (non-hydrogen) atoms. The molecule has 9 heteroatoms. The lowest BCUT2D eigenvalue weighted by atomic mass is 10.1. The van der Waals surface area contributed by atoms with Crippen LogP contribution in [0.4, 0.5) is 11.5 Å². The van der Waals surface area contributed by atoms with Gasteiger partial charge in [0.05, 0.1) is 6.54 Å². The van der Waals surface area contributed by atoms with Crippen LogP contribution in [0.1, 0.15) is 41.3 Å². The SMILES string of the molecule is C=C1c2ccccc2C(=O)N1CC(=O)N(Cc1ccccc1)c1c(N)n(CCCC)c(=O)[nH]c1=O. The first-order valence-electron chi connectivity index (χ1n) is 11.4. The predicted molar refractivity (Wildman–Crippen MR) is 135 cm³/mol. The number of rotatable bonds is 8. The average molecular weight is 474 g/mol. The Morgan fingerprint density at radius 1 is 1.03 bits per heavy atom. The molecule has 0 radical (unpaired) electrons. The minimum absolute atomic E-state index is 0.0282. The molecule has 9 nitrogen and oxygen atoms in total. The second kappa shape index (κ2) is 9.84. The molecule has 3 N–H and O–H groups in total. The molecule has 1 aromatic heterocycles. The summed E-state index contributed by atoms with van der Waals surface area (Å²) in [5, 5.41) is 0. The number of anilines is 2. The van der Waals surface area contributed by atoms with Crippen LogP contribution in [-0.2, 0) is 17.9 Å². The van der Waals surface area contributed by atoms with Gasteiger partial charge in [0.25, 0.3) is 11.5 Å². The van der Waals surface area contributed by atoms with E-state index in [1.165, 1.54) is 14.4 Å². The van der Waals surface area contributed by atoms with E-state index in [0.29, 0.717) is 29.8 Å². The van der Waals surface area contributed by atoms with Gasteiger partial charge in [-0.05, 0) is 18.1 Å². The Hall–Kier alpha value is -4.40. The molecule has 4 rings (SSSR count). The number of unbranched alkanes of at least 4 members (excludes halogenated alkanes) is 1. The fourth-order valence-electron chi connectivity index (χ4n) is 4.16.